The third-order valence-corrected chi connectivity index (χ3v) is 11.6. The van der Waals surface area contributed by atoms with E-state index in [0.29, 0.717) is 12.1 Å². The van der Waals surface area contributed by atoms with Crippen LogP contribution in [0.1, 0.15) is 133 Å². The van der Waals surface area contributed by atoms with Crippen LogP contribution >= 0.6 is 0 Å². The number of piperidine rings is 2. The third-order valence-electron chi connectivity index (χ3n) is 11.6. The Balaban J connectivity index is 0.000000616. The molecule has 0 unspecified atom stereocenters. The maximum atomic E-state index is 5.34. The molecule has 11 heteroatoms. The lowest BCUT2D eigenvalue weighted by atomic mass is 9.77. The van der Waals surface area contributed by atoms with E-state index < -0.39 is 0 Å². The van der Waals surface area contributed by atoms with E-state index in [4.69, 9.17) is 26.4 Å². The number of nitrogens with one attached hydrogen (secondary N) is 2. The van der Waals surface area contributed by atoms with Crippen LogP contribution in [0.3, 0.4) is 0 Å². The van der Waals surface area contributed by atoms with Gasteiger partial charge in [-0.05, 0) is 147 Å². The van der Waals surface area contributed by atoms with Crippen LogP contribution in [0, 0.1) is 0 Å². The zero-order valence-corrected chi connectivity index (χ0v) is 34.7. The van der Waals surface area contributed by atoms with Gasteiger partial charge in [0.1, 0.15) is 6.33 Å². The quantitative estimate of drug-likeness (QED) is 0.141. The highest BCUT2D eigenvalue weighted by molar-refractivity contribution is 5.41. The first-order valence-electron chi connectivity index (χ1n) is 20.0. The Morgan fingerprint density at radius 3 is 1.26 bits per heavy atom. The van der Waals surface area contributed by atoms with E-state index in [1.165, 1.54) is 0 Å². The summed E-state index contributed by atoms with van der Waals surface area (Å²) < 4.78 is 0. The summed E-state index contributed by atoms with van der Waals surface area (Å²) in [7, 11) is 4.56. The number of unbranched alkanes of at least 4 members (excludes halogenated alkanes) is 2. The van der Waals surface area contributed by atoms with Gasteiger partial charge < -0.3 is 31.9 Å². The molecule has 0 spiro atoms. The fourth-order valence-corrected chi connectivity index (χ4v) is 8.06. The fraction of sp³-hybridized carbons (Fsp3) is 0.923. The van der Waals surface area contributed by atoms with Crippen molar-refractivity contribution in [2.75, 3.05) is 76.3 Å². The van der Waals surface area contributed by atoms with Crippen LogP contribution in [0.5, 0.6) is 0 Å². The van der Waals surface area contributed by atoms with Crippen LogP contribution in [0.15, 0.2) is 6.33 Å². The Hall–Kier alpha value is -1.63. The minimum Gasteiger partial charge on any atom is -0.338 e. The first kappa shape index (κ1) is 44.5. The van der Waals surface area contributed by atoms with Crippen molar-refractivity contribution in [2.45, 2.75) is 168 Å². The van der Waals surface area contributed by atoms with E-state index in [2.05, 4.69) is 114 Å². The SMILES string of the molecule is CCCCN(c1ncnc(N(CCCC)C2CC(C)(C)N(C)C(C)(C)C2)n1)C1CC(C)(C)N(C)C(C)(C)C1.NCCCNCCNCCCN. The second-order valence-electron chi connectivity index (χ2n) is 17.5. The summed E-state index contributed by atoms with van der Waals surface area (Å²) in [5.74, 6) is 1.72. The van der Waals surface area contributed by atoms with Crippen molar-refractivity contribution in [1.82, 2.24) is 35.4 Å². The van der Waals surface area contributed by atoms with E-state index in [1.54, 1.807) is 6.33 Å². The lowest BCUT2D eigenvalue weighted by Crippen LogP contribution is -2.63. The van der Waals surface area contributed by atoms with Crippen LogP contribution in [-0.4, -0.2) is 125 Å². The van der Waals surface area contributed by atoms with Gasteiger partial charge in [0.2, 0.25) is 11.9 Å². The molecule has 0 aliphatic carbocycles. The molecule has 6 N–H and O–H groups in total. The fourth-order valence-electron chi connectivity index (χ4n) is 8.06. The Bertz CT molecular complexity index is 961. The minimum absolute atomic E-state index is 0.116. The second-order valence-corrected chi connectivity index (χ2v) is 17.5. The molecular formula is C39H81N11. The summed E-state index contributed by atoms with van der Waals surface area (Å²) in [6, 6.07) is 0.812. The van der Waals surface area contributed by atoms with Gasteiger partial charge in [0.25, 0.3) is 0 Å². The first-order valence-corrected chi connectivity index (χ1v) is 20.0. The number of rotatable bonds is 19. The van der Waals surface area contributed by atoms with Gasteiger partial charge in [-0.3, -0.25) is 9.80 Å². The van der Waals surface area contributed by atoms with Crippen molar-refractivity contribution in [2.24, 2.45) is 11.5 Å². The van der Waals surface area contributed by atoms with Crippen LogP contribution in [0.25, 0.3) is 0 Å². The first-order chi connectivity index (χ1) is 23.5. The van der Waals surface area contributed by atoms with Gasteiger partial charge in [-0.1, -0.05) is 26.7 Å². The van der Waals surface area contributed by atoms with Crippen LogP contribution in [0.2, 0.25) is 0 Å². The van der Waals surface area contributed by atoms with E-state index in [0.717, 1.165) is 128 Å². The number of hydrogen-bond donors (Lipinski definition) is 4. The van der Waals surface area contributed by atoms with Crippen molar-refractivity contribution >= 4 is 11.9 Å². The van der Waals surface area contributed by atoms with Gasteiger partial charge in [0.15, 0.2) is 0 Å². The molecule has 2 aliphatic heterocycles. The normalized spacial score (nSPS) is 20.7. The predicted octanol–water partition coefficient (Wildman–Crippen LogP) is 5.25. The van der Waals surface area contributed by atoms with E-state index >= 15 is 0 Å². The molecule has 0 radical (unpaired) electrons. The van der Waals surface area contributed by atoms with E-state index in [9.17, 15) is 0 Å². The van der Waals surface area contributed by atoms with Crippen molar-refractivity contribution in [3.8, 4) is 0 Å². The summed E-state index contributed by atoms with van der Waals surface area (Å²) in [6.07, 6.45) is 12.9. The largest absolute Gasteiger partial charge is 0.338 e. The van der Waals surface area contributed by atoms with E-state index in [-0.39, 0.29) is 22.2 Å². The highest BCUT2D eigenvalue weighted by Gasteiger charge is 2.47. The Kier molecular flexibility index (Phi) is 18.3. The monoisotopic (exact) mass is 704 g/mol. The molecule has 0 bridgehead atoms. The summed E-state index contributed by atoms with van der Waals surface area (Å²) >= 11 is 0. The number of aromatic nitrogens is 3. The lowest BCUT2D eigenvalue weighted by Gasteiger charge is -2.56. The average Bonchev–Trinajstić information content (AvgIpc) is 3.04. The molecule has 0 aromatic carbocycles. The number of nitrogens with zero attached hydrogens (tertiary/aromatic N) is 7. The molecule has 1 aromatic rings. The zero-order chi connectivity index (χ0) is 37.6. The van der Waals surface area contributed by atoms with Crippen LogP contribution in [-0.2, 0) is 0 Å². The number of anilines is 2. The molecule has 0 amide bonds. The second kappa shape index (κ2) is 20.6. The van der Waals surface area contributed by atoms with E-state index in [1.807, 2.05) is 0 Å². The maximum absolute atomic E-state index is 5.34. The summed E-state index contributed by atoms with van der Waals surface area (Å²) in [5, 5.41) is 6.58. The molecule has 2 aliphatic rings. The lowest BCUT2D eigenvalue weighted by molar-refractivity contribution is -0.0130. The molecule has 0 saturated carbocycles. The summed E-state index contributed by atoms with van der Waals surface area (Å²) in [4.78, 5) is 25.0. The third kappa shape index (κ3) is 13.1. The van der Waals surface area contributed by atoms with Crippen LogP contribution in [0.4, 0.5) is 11.9 Å². The maximum Gasteiger partial charge on any atom is 0.230 e. The Morgan fingerprint density at radius 2 is 0.960 bits per heavy atom. The number of likely N-dealkylation sites (tertiary alicyclic amines) is 2. The van der Waals surface area contributed by atoms with Gasteiger partial charge in [0.05, 0.1) is 0 Å². The highest BCUT2D eigenvalue weighted by Crippen LogP contribution is 2.41. The highest BCUT2D eigenvalue weighted by atomic mass is 15.4. The molecule has 11 nitrogen and oxygen atoms in total. The molecule has 292 valence electrons. The molecule has 50 heavy (non-hydrogen) atoms. The van der Waals surface area contributed by atoms with Crippen molar-refractivity contribution in [1.29, 1.82) is 0 Å². The summed E-state index contributed by atoms with van der Waals surface area (Å²) in [5.41, 5.74) is 11.1. The van der Waals surface area contributed by atoms with Gasteiger partial charge in [-0.2, -0.15) is 4.98 Å². The molecule has 1 aromatic heterocycles. The van der Waals surface area contributed by atoms with Gasteiger partial charge >= 0.3 is 0 Å². The van der Waals surface area contributed by atoms with Crippen molar-refractivity contribution < 1.29 is 0 Å². The molecule has 3 rings (SSSR count). The molecular weight excluding hydrogens is 623 g/mol. The Morgan fingerprint density at radius 1 is 0.620 bits per heavy atom. The zero-order valence-electron chi connectivity index (χ0n) is 34.7. The van der Waals surface area contributed by atoms with Gasteiger partial charge in [-0.15, -0.1) is 0 Å². The smallest absolute Gasteiger partial charge is 0.230 e. The molecule has 2 saturated heterocycles. The molecule has 0 atom stereocenters. The topological polar surface area (TPSA) is 128 Å². The van der Waals surface area contributed by atoms with Gasteiger partial charge in [0, 0.05) is 60.4 Å². The number of hydrogen-bond acceptors (Lipinski definition) is 11. The average molecular weight is 704 g/mol. The van der Waals surface area contributed by atoms with Crippen molar-refractivity contribution in [3.63, 3.8) is 0 Å². The predicted molar refractivity (Wildman–Crippen MR) is 215 cm³/mol. The molecule has 3 heterocycles. The van der Waals surface area contributed by atoms with Gasteiger partial charge in [-0.25, -0.2) is 9.97 Å². The van der Waals surface area contributed by atoms with Crippen LogP contribution < -0.4 is 31.9 Å². The van der Waals surface area contributed by atoms with Crippen molar-refractivity contribution in [3.05, 3.63) is 6.33 Å². The number of nitrogens with two attached hydrogens (primary N) is 2. The standard InChI is InChI=1S/C31H59N7.C8H22N4/c1-13-15-17-37(24-19-28(3,4)35(11)29(5,6)20-24)26-32-23-33-27(34-26)38(18-16-14-2)25-21-30(7,8)36(12)31(9,10)22-25;9-3-1-5-11-7-8-12-6-2-4-10/h23-25H,13-22H2,1-12H3;11-12H,1-10H2. The summed E-state index contributed by atoms with van der Waals surface area (Å²) in [6.45, 7) is 31.2. The minimum atomic E-state index is 0.116. The molecule has 2 fully saturated rings. The Labute approximate surface area is 308 Å².